The van der Waals surface area contributed by atoms with E-state index in [2.05, 4.69) is 0 Å². The molecule has 4 nitrogen and oxygen atoms in total. The van der Waals surface area contributed by atoms with Gasteiger partial charge in [-0.2, -0.15) is 0 Å². The fourth-order valence-corrected chi connectivity index (χ4v) is 3.14. The third-order valence-electron chi connectivity index (χ3n) is 4.87. The van der Waals surface area contributed by atoms with Crippen molar-refractivity contribution in [1.82, 2.24) is 0 Å². The van der Waals surface area contributed by atoms with Crippen LogP contribution in [0.5, 0.6) is 11.5 Å². The average molecular weight is 424 g/mol. The molecule has 4 heteroatoms. The topological polar surface area (TPSA) is 44.8 Å². The Morgan fingerprint density at radius 3 is 1.53 bits per heavy atom. The smallest absolute Gasteiger partial charge is 0.338 e. The lowest BCUT2D eigenvalue weighted by atomic mass is 10.2. The predicted molar refractivity (Wildman–Crippen MR) is 124 cm³/mol. The molecule has 0 fully saturated rings. The molecule has 0 aliphatic carbocycles. The van der Waals surface area contributed by atoms with E-state index in [1.54, 1.807) is 18.2 Å². The Bertz CT molecular complexity index is 1130. The van der Waals surface area contributed by atoms with Crippen molar-refractivity contribution in [3.63, 3.8) is 0 Å². The maximum Gasteiger partial charge on any atom is 0.338 e. The molecule has 0 amide bonds. The van der Waals surface area contributed by atoms with E-state index >= 15 is 0 Å². The van der Waals surface area contributed by atoms with Crippen LogP contribution in [-0.4, -0.2) is 5.97 Å². The highest BCUT2D eigenvalue weighted by Gasteiger charge is 2.14. The van der Waals surface area contributed by atoms with E-state index in [4.69, 9.17) is 14.2 Å². The molecule has 0 saturated carbocycles. The Kier molecular flexibility index (Phi) is 7.17. The summed E-state index contributed by atoms with van der Waals surface area (Å²) in [6.07, 6.45) is 0. The van der Waals surface area contributed by atoms with Crippen molar-refractivity contribution < 1.29 is 19.0 Å². The third kappa shape index (κ3) is 5.99. The molecule has 4 rings (SSSR count). The monoisotopic (exact) mass is 424 g/mol. The molecule has 0 aliphatic rings. The van der Waals surface area contributed by atoms with E-state index in [9.17, 15) is 4.79 Å². The molecule has 0 aliphatic heterocycles. The first-order chi connectivity index (χ1) is 15.8. The minimum Gasteiger partial charge on any atom is -0.485 e. The van der Waals surface area contributed by atoms with Crippen LogP contribution in [0.2, 0.25) is 0 Å². The van der Waals surface area contributed by atoms with E-state index in [0.29, 0.717) is 30.3 Å². The number of rotatable bonds is 9. The number of esters is 1. The van der Waals surface area contributed by atoms with Crippen LogP contribution in [0.25, 0.3) is 0 Å². The van der Waals surface area contributed by atoms with Gasteiger partial charge < -0.3 is 14.2 Å². The van der Waals surface area contributed by atoms with Crippen molar-refractivity contribution in [3.05, 3.63) is 131 Å². The second-order valence-electron chi connectivity index (χ2n) is 7.27. The summed E-state index contributed by atoms with van der Waals surface area (Å²) in [6.45, 7) is 0.984. The fraction of sp³-hybridized carbons (Fsp3) is 0.107. The van der Waals surface area contributed by atoms with Gasteiger partial charge >= 0.3 is 5.97 Å². The summed E-state index contributed by atoms with van der Waals surface area (Å²) in [4.78, 5) is 12.6. The lowest BCUT2D eigenvalue weighted by Crippen LogP contribution is -2.07. The van der Waals surface area contributed by atoms with Gasteiger partial charge in [0.1, 0.15) is 19.8 Å². The Morgan fingerprint density at radius 2 is 1.00 bits per heavy atom. The van der Waals surface area contributed by atoms with Gasteiger partial charge in [-0.25, -0.2) is 4.79 Å². The Morgan fingerprint density at radius 1 is 0.531 bits per heavy atom. The molecule has 4 aromatic carbocycles. The van der Waals surface area contributed by atoms with Crippen molar-refractivity contribution in [2.45, 2.75) is 19.8 Å². The maximum atomic E-state index is 12.6. The molecule has 0 N–H and O–H groups in total. The molecule has 0 unspecified atom stereocenters. The first-order valence-corrected chi connectivity index (χ1v) is 10.5. The van der Waals surface area contributed by atoms with Crippen molar-refractivity contribution in [3.8, 4) is 11.5 Å². The van der Waals surface area contributed by atoms with Crippen LogP contribution in [0, 0.1) is 0 Å². The number of hydrogen-bond donors (Lipinski definition) is 0. The van der Waals surface area contributed by atoms with Gasteiger partial charge in [-0.1, -0.05) is 91.0 Å². The number of carbonyl (C=O) groups excluding carboxylic acids is 1. The van der Waals surface area contributed by atoms with Crippen LogP contribution < -0.4 is 9.47 Å². The maximum absolute atomic E-state index is 12.6. The van der Waals surface area contributed by atoms with Crippen LogP contribution in [0.4, 0.5) is 0 Å². The molecule has 0 heterocycles. The summed E-state index contributed by atoms with van der Waals surface area (Å²) in [7, 11) is 0. The lowest BCUT2D eigenvalue weighted by molar-refractivity contribution is 0.0472. The highest BCUT2D eigenvalue weighted by Crippen LogP contribution is 2.30. The van der Waals surface area contributed by atoms with Crippen LogP contribution in [0.15, 0.2) is 109 Å². The second kappa shape index (κ2) is 10.8. The zero-order valence-corrected chi connectivity index (χ0v) is 17.6. The fourth-order valence-electron chi connectivity index (χ4n) is 3.14. The summed E-state index contributed by atoms with van der Waals surface area (Å²) < 4.78 is 17.5. The minimum absolute atomic E-state index is 0.214. The number of carbonyl (C=O) groups is 1. The predicted octanol–water partition coefficient (Wildman–Crippen LogP) is 6.20. The molecule has 0 aromatic heterocycles. The quantitative estimate of drug-likeness (QED) is 0.300. The molecule has 0 radical (unpaired) electrons. The molecule has 0 bridgehead atoms. The van der Waals surface area contributed by atoms with E-state index < -0.39 is 5.97 Å². The van der Waals surface area contributed by atoms with Gasteiger partial charge in [0, 0.05) is 0 Å². The van der Waals surface area contributed by atoms with Gasteiger partial charge in [0.15, 0.2) is 11.5 Å². The third-order valence-corrected chi connectivity index (χ3v) is 4.87. The zero-order chi connectivity index (χ0) is 22.0. The van der Waals surface area contributed by atoms with Crippen LogP contribution in [0.3, 0.4) is 0 Å². The molecule has 0 saturated heterocycles. The molecular formula is C28H24O4. The second-order valence-corrected chi connectivity index (χ2v) is 7.27. The van der Waals surface area contributed by atoms with Crippen molar-refractivity contribution in [2.24, 2.45) is 0 Å². The van der Waals surface area contributed by atoms with Crippen LogP contribution >= 0.6 is 0 Å². The van der Waals surface area contributed by atoms with Gasteiger partial charge in [0.05, 0.1) is 5.56 Å². The Labute approximate surface area is 188 Å². The SMILES string of the molecule is O=C(OCc1ccccc1)c1ccc(OCc2ccccc2)c(OCc2ccccc2)c1. The molecule has 32 heavy (non-hydrogen) atoms. The lowest BCUT2D eigenvalue weighted by Gasteiger charge is -2.14. The summed E-state index contributed by atoms with van der Waals surface area (Å²) >= 11 is 0. The minimum atomic E-state index is -0.409. The van der Waals surface area contributed by atoms with Crippen molar-refractivity contribution in [1.29, 1.82) is 0 Å². The van der Waals surface area contributed by atoms with Gasteiger partial charge in [-0.05, 0) is 34.9 Å². The Balaban J connectivity index is 1.49. The summed E-state index contributed by atoms with van der Waals surface area (Å²) in [6, 6.07) is 34.5. The van der Waals surface area contributed by atoms with E-state index in [1.165, 1.54) is 0 Å². The molecule has 0 atom stereocenters. The van der Waals surface area contributed by atoms with Crippen molar-refractivity contribution >= 4 is 5.97 Å². The first-order valence-electron chi connectivity index (χ1n) is 10.5. The number of ether oxygens (including phenoxy) is 3. The van der Waals surface area contributed by atoms with Gasteiger partial charge in [-0.15, -0.1) is 0 Å². The van der Waals surface area contributed by atoms with E-state index in [-0.39, 0.29) is 6.61 Å². The molecule has 160 valence electrons. The van der Waals surface area contributed by atoms with Crippen LogP contribution in [-0.2, 0) is 24.6 Å². The van der Waals surface area contributed by atoms with Gasteiger partial charge in [0.25, 0.3) is 0 Å². The average Bonchev–Trinajstić information content (AvgIpc) is 2.87. The highest BCUT2D eigenvalue weighted by atomic mass is 16.5. The normalized spacial score (nSPS) is 10.4. The van der Waals surface area contributed by atoms with Crippen molar-refractivity contribution in [2.75, 3.05) is 0 Å². The molecular weight excluding hydrogens is 400 g/mol. The largest absolute Gasteiger partial charge is 0.485 e. The van der Waals surface area contributed by atoms with Crippen LogP contribution in [0.1, 0.15) is 27.0 Å². The molecule has 4 aromatic rings. The number of hydrogen-bond acceptors (Lipinski definition) is 4. The van der Waals surface area contributed by atoms with E-state index in [1.807, 2.05) is 91.0 Å². The summed E-state index contributed by atoms with van der Waals surface area (Å²) in [5.41, 5.74) is 3.42. The first kappa shape index (κ1) is 21.2. The number of benzene rings is 4. The standard InChI is InChI=1S/C28H24O4/c29-28(32-21-24-14-8-3-9-15-24)25-16-17-26(30-19-22-10-4-1-5-11-22)27(18-25)31-20-23-12-6-2-7-13-23/h1-18H,19-21H2. The van der Waals surface area contributed by atoms with E-state index in [0.717, 1.165) is 16.7 Å². The van der Waals surface area contributed by atoms with Gasteiger partial charge in [0.2, 0.25) is 0 Å². The van der Waals surface area contributed by atoms with Gasteiger partial charge in [-0.3, -0.25) is 0 Å². The summed E-state index contributed by atoms with van der Waals surface area (Å²) in [5.74, 6) is 0.663. The summed E-state index contributed by atoms with van der Waals surface area (Å²) in [5, 5.41) is 0. The zero-order valence-electron chi connectivity index (χ0n) is 17.6. The Hall–Kier alpha value is -4.05. The molecule has 0 spiro atoms. The highest BCUT2D eigenvalue weighted by molar-refractivity contribution is 5.90.